The molecule has 2 rings (SSSR count). The predicted octanol–water partition coefficient (Wildman–Crippen LogP) is 2.75. The zero-order chi connectivity index (χ0) is 16.1. The van der Waals surface area contributed by atoms with E-state index in [2.05, 4.69) is 22.2 Å². The van der Waals surface area contributed by atoms with Gasteiger partial charge in [0.05, 0.1) is 6.54 Å². The molecule has 1 aromatic carbocycles. The van der Waals surface area contributed by atoms with Crippen LogP contribution in [0.4, 0.5) is 5.69 Å². The molecule has 0 bridgehead atoms. The molecule has 1 saturated heterocycles. The molecule has 1 aromatic rings. The molecule has 1 fully saturated rings. The lowest BCUT2D eigenvalue weighted by Crippen LogP contribution is -2.28. The summed E-state index contributed by atoms with van der Waals surface area (Å²) in [5.74, 6) is -0.436. The Bertz CT molecular complexity index is 646. The molecular formula is C15H16ClN3O2S. The van der Waals surface area contributed by atoms with Crippen molar-refractivity contribution in [3.8, 4) is 0 Å². The first-order valence-corrected chi connectivity index (χ1v) is 7.94. The Morgan fingerprint density at radius 2 is 2.36 bits per heavy atom. The summed E-state index contributed by atoms with van der Waals surface area (Å²) in [6.45, 7) is 5.88. The number of halogens is 1. The number of nitrogens with one attached hydrogen (secondary N) is 2. The lowest BCUT2D eigenvalue weighted by atomic mass is 10.2. The fourth-order valence-corrected chi connectivity index (χ4v) is 3.01. The van der Waals surface area contributed by atoms with Crippen molar-refractivity contribution >= 4 is 46.0 Å². The number of thioether (sulfide) groups is 1. The summed E-state index contributed by atoms with van der Waals surface area (Å²) in [7, 11) is 0. The van der Waals surface area contributed by atoms with Crippen molar-refractivity contribution in [2.24, 2.45) is 4.99 Å². The number of anilines is 1. The minimum absolute atomic E-state index is 0.0789. The zero-order valence-corrected chi connectivity index (χ0v) is 13.6. The molecule has 1 atom stereocenters. The van der Waals surface area contributed by atoms with Crippen LogP contribution in [-0.2, 0) is 9.59 Å². The Morgan fingerprint density at radius 1 is 1.59 bits per heavy atom. The van der Waals surface area contributed by atoms with Gasteiger partial charge in [-0.25, -0.2) is 0 Å². The van der Waals surface area contributed by atoms with E-state index in [9.17, 15) is 9.59 Å². The van der Waals surface area contributed by atoms with E-state index in [1.54, 1.807) is 18.2 Å². The van der Waals surface area contributed by atoms with Gasteiger partial charge in [-0.3, -0.25) is 14.6 Å². The number of amides is 2. The van der Waals surface area contributed by atoms with Gasteiger partial charge in [0.1, 0.15) is 5.25 Å². The molecule has 1 aliphatic rings. The van der Waals surface area contributed by atoms with Gasteiger partial charge in [-0.1, -0.05) is 35.5 Å². The van der Waals surface area contributed by atoms with Crippen LogP contribution in [0, 0.1) is 6.92 Å². The van der Waals surface area contributed by atoms with E-state index in [1.165, 1.54) is 11.8 Å². The van der Waals surface area contributed by atoms with Crippen LogP contribution in [0.1, 0.15) is 12.0 Å². The summed E-state index contributed by atoms with van der Waals surface area (Å²) in [6, 6.07) is 5.28. The molecule has 0 saturated carbocycles. The minimum Gasteiger partial charge on any atom is -0.326 e. The molecule has 0 spiro atoms. The highest BCUT2D eigenvalue weighted by Crippen LogP contribution is 2.24. The topological polar surface area (TPSA) is 70.6 Å². The molecular weight excluding hydrogens is 322 g/mol. The Labute approximate surface area is 138 Å². The Balaban J connectivity index is 1.96. The van der Waals surface area contributed by atoms with Gasteiger partial charge in [-0.15, -0.1) is 6.58 Å². The predicted molar refractivity (Wildman–Crippen MR) is 91.5 cm³/mol. The number of benzene rings is 1. The third-order valence-electron chi connectivity index (χ3n) is 2.98. The van der Waals surface area contributed by atoms with Crippen LogP contribution in [0.25, 0.3) is 0 Å². The highest BCUT2D eigenvalue weighted by molar-refractivity contribution is 8.15. The largest absolute Gasteiger partial charge is 0.326 e. The fourth-order valence-electron chi connectivity index (χ4n) is 1.86. The molecule has 22 heavy (non-hydrogen) atoms. The van der Waals surface area contributed by atoms with Crippen LogP contribution in [0.3, 0.4) is 0 Å². The number of carbonyl (C=O) groups excluding carboxylic acids is 2. The molecule has 5 nitrogen and oxygen atoms in total. The number of hydrogen-bond donors (Lipinski definition) is 2. The van der Waals surface area contributed by atoms with Crippen molar-refractivity contribution < 1.29 is 9.59 Å². The van der Waals surface area contributed by atoms with Crippen molar-refractivity contribution in [1.29, 1.82) is 0 Å². The van der Waals surface area contributed by atoms with Crippen molar-refractivity contribution in [1.82, 2.24) is 5.32 Å². The van der Waals surface area contributed by atoms with Crippen molar-refractivity contribution in [2.45, 2.75) is 18.6 Å². The summed E-state index contributed by atoms with van der Waals surface area (Å²) >= 11 is 7.18. The molecule has 1 unspecified atom stereocenters. The van der Waals surface area contributed by atoms with Gasteiger partial charge in [0, 0.05) is 17.1 Å². The Hall–Kier alpha value is -1.79. The summed E-state index contributed by atoms with van der Waals surface area (Å²) in [4.78, 5) is 28.1. The number of amidine groups is 1. The van der Waals surface area contributed by atoms with Gasteiger partial charge in [-0.05, 0) is 24.6 Å². The highest BCUT2D eigenvalue weighted by Gasteiger charge is 2.31. The first kappa shape index (κ1) is 16.6. The number of aliphatic imine (C=N–C) groups is 1. The van der Waals surface area contributed by atoms with Crippen LogP contribution >= 0.6 is 23.4 Å². The van der Waals surface area contributed by atoms with Crippen LogP contribution < -0.4 is 10.6 Å². The highest BCUT2D eigenvalue weighted by atomic mass is 35.5. The van der Waals surface area contributed by atoms with Crippen LogP contribution in [0.5, 0.6) is 0 Å². The molecule has 0 aliphatic carbocycles. The smallest absolute Gasteiger partial charge is 0.240 e. The van der Waals surface area contributed by atoms with Gasteiger partial charge in [0.15, 0.2) is 5.17 Å². The lowest BCUT2D eigenvalue weighted by Gasteiger charge is -2.10. The fraction of sp³-hybridized carbons (Fsp3) is 0.267. The maximum absolute atomic E-state index is 12.1. The van der Waals surface area contributed by atoms with E-state index in [1.807, 2.05) is 13.0 Å². The molecule has 2 amide bonds. The van der Waals surface area contributed by atoms with Gasteiger partial charge in [-0.2, -0.15) is 0 Å². The first-order chi connectivity index (χ1) is 10.5. The number of nitrogens with zero attached hydrogens (tertiary/aromatic N) is 1. The molecule has 2 N–H and O–H groups in total. The van der Waals surface area contributed by atoms with Crippen molar-refractivity contribution in [3.05, 3.63) is 41.4 Å². The summed E-state index contributed by atoms with van der Waals surface area (Å²) in [5, 5.41) is 6.05. The van der Waals surface area contributed by atoms with E-state index < -0.39 is 5.25 Å². The van der Waals surface area contributed by atoms with Gasteiger partial charge in [0.2, 0.25) is 11.8 Å². The van der Waals surface area contributed by atoms with Gasteiger partial charge < -0.3 is 10.6 Å². The number of carbonyl (C=O) groups is 2. The maximum Gasteiger partial charge on any atom is 0.240 e. The standard InChI is InChI=1S/C15H16ClN3O2S/c1-3-6-17-15-19-14(21)12(22-15)8-13(20)18-11-7-10(16)5-4-9(11)2/h3-5,7,12H,1,6,8H2,2H3,(H,18,20)(H,17,19,21). The SMILES string of the molecule is C=CCN=C1NC(=O)C(CC(=O)Nc2cc(Cl)ccc2C)S1. The summed E-state index contributed by atoms with van der Waals surface area (Å²) in [6.07, 6.45) is 1.72. The molecule has 7 heteroatoms. The van der Waals surface area contributed by atoms with Gasteiger partial charge in [0.25, 0.3) is 0 Å². The molecule has 1 heterocycles. The normalized spacial score (nSPS) is 19.1. The quantitative estimate of drug-likeness (QED) is 0.812. The second-order valence-corrected chi connectivity index (χ2v) is 6.37. The van der Waals surface area contributed by atoms with Crippen LogP contribution in [0.15, 0.2) is 35.8 Å². The zero-order valence-electron chi connectivity index (χ0n) is 12.1. The summed E-state index contributed by atoms with van der Waals surface area (Å²) < 4.78 is 0. The lowest BCUT2D eigenvalue weighted by molar-refractivity contribution is -0.122. The van der Waals surface area contributed by atoms with E-state index in [-0.39, 0.29) is 18.2 Å². The Morgan fingerprint density at radius 3 is 3.09 bits per heavy atom. The van der Waals surface area contributed by atoms with E-state index >= 15 is 0 Å². The van der Waals surface area contributed by atoms with E-state index in [4.69, 9.17) is 11.6 Å². The summed E-state index contributed by atoms with van der Waals surface area (Å²) in [5.41, 5.74) is 1.57. The molecule has 0 radical (unpaired) electrons. The third kappa shape index (κ3) is 4.35. The third-order valence-corrected chi connectivity index (χ3v) is 4.34. The van der Waals surface area contributed by atoms with Crippen LogP contribution in [0.2, 0.25) is 5.02 Å². The number of aryl methyl sites for hydroxylation is 1. The van der Waals surface area contributed by atoms with Crippen molar-refractivity contribution in [3.63, 3.8) is 0 Å². The molecule has 116 valence electrons. The Kier molecular flexibility index (Phi) is 5.63. The minimum atomic E-state index is -0.469. The molecule has 1 aliphatic heterocycles. The number of rotatable bonds is 5. The second-order valence-electron chi connectivity index (χ2n) is 4.74. The van der Waals surface area contributed by atoms with Crippen molar-refractivity contribution in [2.75, 3.05) is 11.9 Å². The average molecular weight is 338 g/mol. The van der Waals surface area contributed by atoms with Crippen LogP contribution in [-0.4, -0.2) is 28.8 Å². The maximum atomic E-state index is 12.1. The van der Waals surface area contributed by atoms with E-state index in [0.29, 0.717) is 22.4 Å². The van der Waals surface area contributed by atoms with Gasteiger partial charge >= 0.3 is 0 Å². The monoisotopic (exact) mass is 337 g/mol. The second kappa shape index (κ2) is 7.47. The number of hydrogen-bond acceptors (Lipinski definition) is 4. The average Bonchev–Trinajstić information content (AvgIpc) is 2.81. The van der Waals surface area contributed by atoms with E-state index in [0.717, 1.165) is 5.56 Å². The first-order valence-electron chi connectivity index (χ1n) is 6.68. The molecule has 0 aromatic heterocycles.